The second-order valence-corrected chi connectivity index (χ2v) is 28.7. The lowest BCUT2D eigenvalue weighted by Gasteiger charge is -2.42. The van der Waals surface area contributed by atoms with Crippen molar-refractivity contribution in [1.82, 2.24) is 9.13 Å². The molecule has 0 unspecified atom stereocenters. The molecule has 3 aromatic heterocycles. The molecule has 0 N–H and O–H groups in total. The summed E-state index contributed by atoms with van der Waals surface area (Å²) in [6, 6.07) is 70.9. The van der Waals surface area contributed by atoms with Crippen molar-refractivity contribution in [2.24, 2.45) is 0 Å². The number of nitrogens with zero attached hydrogens (tertiary/aromatic N) is 3. The van der Waals surface area contributed by atoms with Gasteiger partial charge in [-0.1, -0.05) is 223 Å². The molecule has 2 aliphatic rings. The van der Waals surface area contributed by atoms with Crippen LogP contribution in [0.4, 0.5) is 17.1 Å². The van der Waals surface area contributed by atoms with Crippen molar-refractivity contribution >= 4 is 106 Å². The van der Waals surface area contributed by atoms with Gasteiger partial charge in [-0.3, -0.25) is 0 Å². The second-order valence-electron chi connectivity index (χ2n) is 28.7. The molecule has 0 atom stereocenters. The number of anilines is 3. The van der Waals surface area contributed by atoms with Crippen LogP contribution in [0.5, 0.6) is 11.5 Å². The summed E-state index contributed by atoms with van der Waals surface area (Å²) in [4.78, 5) is 2.54. The first-order valence-electron chi connectivity index (χ1n) is 33.0. The number of benzene rings is 11. The van der Waals surface area contributed by atoms with Gasteiger partial charge in [0.25, 0.3) is 6.71 Å². The van der Waals surface area contributed by atoms with Crippen LogP contribution in [0.2, 0.25) is 0 Å². The van der Waals surface area contributed by atoms with Crippen LogP contribution < -0.4 is 26.0 Å². The third-order valence-corrected chi connectivity index (χ3v) is 18.9. The van der Waals surface area contributed by atoms with Gasteiger partial charge in [0, 0.05) is 66.6 Å². The molecule has 0 saturated carbocycles. The van der Waals surface area contributed by atoms with E-state index in [-0.39, 0.29) is 51.4 Å². The first kappa shape index (κ1) is 49.6. The van der Waals surface area contributed by atoms with Gasteiger partial charge in [0.15, 0.2) is 11.3 Å². The fourth-order valence-corrected chi connectivity index (χ4v) is 14.2. The number of fused-ring (bicyclic) bond motifs is 14. The standard InChI is InChI=1S/C82H72BN3O2/c1-79(2,3)51-30-38-67-61(42-51)62-43-52(80(4,5)6)31-39-68(62)84(67)55-34-36-65-71(46-55)86(76-57(49-22-15-13-16-23-49)27-21-28-58(76)50-24-17-14-18-25-50)72-47-56(48-74-75(72)83(65)66-37-35-60-59-26-19-20-29-73(59)87-77(60)78(66)88-74)85-69-40-32-53(81(7,8)9)44-63(69)64-45-54(82(10,11)12)33-41-70(64)85/h13-48H,1-12H3/i19D,20D,26D,29D. The van der Waals surface area contributed by atoms with E-state index in [9.17, 15) is 1.37 Å². The molecule has 16 rings (SSSR count). The van der Waals surface area contributed by atoms with Crippen LogP contribution in [-0.4, -0.2) is 15.8 Å². The number of ether oxygens (including phenoxy) is 1. The highest BCUT2D eigenvalue weighted by molar-refractivity contribution is 6.99. The first-order chi connectivity index (χ1) is 43.8. The van der Waals surface area contributed by atoms with E-state index < -0.39 is 6.71 Å². The van der Waals surface area contributed by atoms with Crippen molar-refractivity contribution in [3.63, 3.8) is 0 Å². The quantitative estimate of drug-likeness (QED) is 0.161. The monoisotopic (exact) mass is 1150 g/mol. The Morgan fingerprint density at radius 2 is 0.864 bits per heavy atom. The molecule has 430 valence electrons. The van der Waals surface area contributed by atoms with E-state index in [1.54, 1.807) is 0 Å². The van der Waals surface area contributed by atoms with E-state index in [1.165, 1.54) is 43.8 Å². The molecule has 0 radical (unpaired) electrons. The van der Waals surface area contributed by atoms with Crippen LogP contribution >= 0.6 is 0 Å². The van der Waals surface area contributed by atoms with E-state index in [0.29, 0.717) is 27.9 Å². The number of aromatic nitrogens is 2. The minimum Gasteiger partial charge on any atom is -0.454 e. The zero-order valence-electron chi connectivity index (χ0n) is 56.2. The van der Waals surface area contributed by atoms with Gasteiger partial charge in [0.2, 0.25) is 0 Å². The third-order valence-electron chi connectivity index (χ3n) is 18.9. The van der Waals surface area contributed by atoms with Crippen LogP contribution in [0.25, 0.3) is 99.2 Å². The number of hydrogen-bond acceptors (Lipinski definition) is 3. The molecule has 2 aliphatic heterocycles. The van der Waals surface area contributed by atoms with Gasteiger partial charge in [-0.15, -0.1) is 0 Å². The van der Waals surface area contributed by atoms with Crippen LogP contribution in [0.1, 0.15) is 111 Å². The molecule has 0 amide bonds. The Balaban J connectivity index is 1.07. The van der Waals surface area contributed by atoms with Crippen LogP contribution in [0.15, 0.2) is 223 Å². The predicted octanol–water partition coefficient (Wildman–Crippen LogP) is 20.7. The molecule has 14 aromatic rings. The van der Waals surface area contributed by atoms with E-state index >= 15 is 0 Å². The van der Waals surface area contributed by atoms with Crippen molar-refractivity contribution in [2.75, 3.05) is 4.90 Å². The lowest BCUT2D eigenvalue weighted by Crippen LogP contribution is -2.59. The summed E-state index contributed by atoms with van der Waals surface area (Å²) >= 11 is 0. The molecule has 0 fully saturated rings. The molecular formula is C82H72BN3O2. The Morgan fingerprint density at radius 1 is 0.398 bits per heavy atom. The molecule has 0 bridgehead atoms. The number of rotatable bonds is 5. The lowest BCUT2D eigenvalue weighted by molar-refractivity contribution is 0.481. The molecule has 6 heteroatoms. The maximum atomic E-state index is 9.24. The zero-order chi connectivity index (χ0) is 64.0. The molecule has 88 heavy (non-hydrogen) atoms. The summed E-state index contributed by atoms with van der Waals surface area (Å²) < 4.78 is 55.3. The average Bonchev–Trinajstić information content (AvgIpc) is 1.03. The van der Waals surface area contributed by atoms with Crippen LogP contribution in [-0.2, 0) is 21.7 Å². The maximum absolute atomic E-state index is 9.24. The van der Waals surface area contributed by atoms with Gasteiger partial charge in [0.1, 0.15) is 11.3 Å². The summed E-state index contributed by atoms with van der Waals surface area (Å²) in [5.41, 5.74) is 21.6. The SMILES string of the molecule is [2H]c1c([2H])c([2H])c2c(oc3c4c(ccc32)B2c3ccc(-n5c6ccc(C(C)(C)C)cc6c6cc(C(C)(C)C)ccc65)cc3N(c3c(-c5ccccc5)cccc3-c3ccccc3)c3cc(-n5c6ccc(C(C)(C)C)cc6c6cc(C(C)(C)C)ccc65)cc(c32)O4)c1[2H]. The first-order valence-corrected chi connectivity index (χ1v) is 31.0. The van der Waals surface area contributed by atoms with Crippen molar-refractivity contribution in [2.45, 2.75) is 105 Å². The number of hydrogen-bond donors (Lipinski definition) is 0. The Morgan fingerprint density at radius 3 is 1.36 bits per heavy atom. The minimum absolute atomic E-state index is 0.0791. The van der Waals surface area contributed by atoms with Crippen molar-refractivity contribution in [1.29, 1.82) is 0 Å². The zero-order valence-corrected chi connectivity index (χ0v) is 52.2. The van der Waals surface area contributed by atoms with Gasteiger partial charge in [0.05, 0.1) is 38.9 Å². The summed E-state index contributed by atoms with van der Waals surface area (Å²) in [5.74, 6) is 1.12. The normalized spacial score (nSPS) is 14.1. The summed E-state index contributed by atoms with van der Waals surface area (Å²) in [6.45, 7) is 27.0. The lowest BCUT2D eigenvalue weighted by atomic mass is 9.34. The molecule has 5 heterocycles. The minimum atomic E-state index is -0.423. The molecule has 11 aromatic carbocycles. The predicted molar refractivity (Wildman–Crippen MR) is 374 cm³/mol. The highest BCUT2D eigenvalue weighted by Gasteiger charge is 2.45. The smallest absolute Gasteiger partial charge is 0.256 e. The van der Waals surface area contributed by atoms with Crippen molar-refractivity contribution in [3.05, 3.63) is 241 Å². The summed E-state index contributed by atoms with van der Waals surface area (Å²) in [5, 5.41) is 5.64. The second kappa shape index (κ2) is 19.0. The topological polar surface area (TPSA) is 35.5 Å². The third kappa shape index (κ3) is 8.28. The van der Waals surface area contributed by atoms with Gasteiger partial charge in [-0.05, 0) is 144 Å². The number of para-hydroxylation sites is 2. The molecular weight excluding hydrogens is 1070 g/mol. The number of furan rings is 1. The van der Waals surface area contributed by atoms with Crippen LogP contribution in [0, 0.1) is 0 Å². The Bertz CT molecular complexity index is 5280. The van der Waals surface area contributed by atoms with E-state index in [0.717, 1.165) is 89.1 Å². The highest BCUT2D eigenvalue weighted by atomic mass is 16.5. The van der Waals surface area contributed by atoms with Gasteiger partial charge >= 0.3 is 0 Å². The molecule has 0 saturated heterocycles. The van der Waals surface area contributed by atoms with E-state index in [1.807, 2.05) is 6.07 Å². The highest BCUT2D eigenvalue weighted by Crippen LogP contribution is 2.52. The summed E-state index contributed by atoms with van der Waals surface area (Å²) in [6.07, 6.45) is 0. The van der Waals surface area contributed by atoms with E-state index in [2.05, 4.69) is 285 Å². The fourth-order valence-electron chi connectivity index (χ4n) is 14.2. The van der Waals surface area contributed by atoms with Crippen molar-refractivity contribution in [3.8, 4) is 45.1 Å². The summed E-state index contributed by atoms with van der Waals surface area (Å²) in [7, 11) is 0. The Labute approximate surface area is 522 Å². The van der Waals surface area contributed by atoms with Crippen molar-refractivity contribution < 1.29 is 14.6 Å². The largest absolute Gasteiger partial charge is 0.454 e. The fraction of sp³-hybridized carbons (Fsp3) is 0.195. The molecule has 0 aliphatic carbocycles. The van der Waals surface area contributed by atoms with Crippen LogP contribution in [0.3, 0.4) is 0 Å². The van der Waals surface area contributed by atoms with Gasteiger partial charge < -0.3 is 23.2 Å². The molecule has 5 nitrogen and oxygen atoms in total. The van der Waals surface area contributed by atoms with Gasteiger partial charge in [-0.25, -0.2) is 0 Å². The molecule has 0 spiro atoms. The Kier molecular flexibility index (Phi) is 10.7. The Hall–Kier alpha value is -9.52. The maximum Gasteiger partial charge on any atom is 0.256 e. The van der Waals surface area contributed by atoms with E-state index in [4.69, 9.17) is 13.3 Å². The van der Waals surface area contributed by atoms with Gasteiger partial charge in [-0.2, -0.15) is 0 Å². The average molecular weight is 1150 g/mol.